The van der Waals surface area contributed by atoms with Gasteiger partial charge in [-0.3, -0.25) is 4.79 Å². The molecule has 1 saturated carbocycles. The topological polar surface area (TPSA) is 42.2 Å². The molecule has 2 heterocycles. The monoisotopic (exact) mass is 191 g/mol. The van der Waals surface area contributed by atoms with Crippen molar-refractivity contribution in [2.24, 2.45) is 5.41 Å². The van der Waals surface area contributed by atoms with Crippen LogP contribution in [0.3, 0.4) is 0 Å². The second-order valence-corrected chi connectivity index (χ2v) is 4.29. The van der Waals surface area contributed by atoms with Crippen LogP contribution in [0.15, 0.2) is 22.8 Å². The molecule has 74 valence electrons. The van der Waals surface area contributed by atoms with Crippen LogP contribution in [0.25, 0.3) is 0 Å². The molecule has 1 aliphatic heterocycles. The van der Waals surface area contributed by atoms with E-state index in [1.807, 2.05) is 12.1 Å². The van der Waals surface area contributed by atoms with Gasteiger partial charge in [-0.1, -0.05) is 12.8 Å². The van der Waals surface area contributed by atoms with Crippen molar-refractivity contribution < 1.29 is 9.21 Å². The van der Waals surface area contributed by atoms with E-state index in [2.05, 4.69) is 5.32 Å². The van der Waals surface area contributed by atoms with Crippen LogP contribution >= 0.6 is 0 Å². The molecule has 0 aromatic carbocycles. The predicted molar refractivity (Wildman–Crippen MR) is 50.5 cm³/mol. The predicted octanol–water partition coefficient (Wildman–Crippen LogP) is 2.01. The van der Waals surface area contributed by atoms with Crippen molar-refractivity contribution in [3.8, 4) is 0 Å². The van der Waals surface area contributed by atoms with Gasteiger partial charge in [0.05, 0.1) is 11.7 Å². The maximum Gasteiger partial charge on any atom is 0.229 e. The highest BCUT2D eigenvalue weighted by Gasteiger charge is 2.57. The minimum Gasteiger partial charge on any atom is -0.467 e. The highest BCUT2D eigenvalue weighted by Crippen LogP contribution is 2.53. The average Bonchev–Trinajstić information content (AvgIpc) is 2.85. The first-order chi connectivity index (χ1) is 6.83. The average molecular weight is 191 g/mol. The lowest BCUT2D eigenvalue weighted by atomic mass is 9.70. The summed E-state index contributed by atoms with van der Waals surface area (Å²) in [4.78, 5) is 11.6. The number of hydrogen-bond acceptors (Lipinski definition) is 2. The van der Waals surface area contributed by atoms with Gasteiger partial charge in [-0.25, -0.2) is 0 Å². The lowest BCUT2D eigenvalue weighted by molar-refractivity contribution is -0.146. The molecular weight excluding hydrogens is 178 g/mol. The number of rotatable bonds is 1. The first-order valence-corrected chi connectivity index (χ1v) is 5.17. The first-order valence-electron chi connectivity index (χ1n) is 5.17. The Labute approximate surface area is 82.5 Å². The normalized spacial score (nSPS) is 28.9. The molecule has 0 radical (unpaired) electrons. The Morgan fingerprint density at radius 1 is 1.43 bits per heavy atom. The van der Waals surface area contributed by atoms with Crippen LogP contribution in [0, 0.1) is 5.41 Å². The SMILES string of the molecule is O=C1N[C@@H](c2ccco2)C12CCCC2. The molecule has 0 unspecified atom stereocenters. The van der Waals surface area contributed by atoms with Crippen molar-refractivity contribution in [2.75, 3.05) is 0 Å². The van der Waals surface area contributed by atoms with Crippen LogP contribution in [-0.2, 0) is 4.79 Å². The minimum atomic E-state index is -0.127. The highest BCUT2D eigenvalue weighted by molar-refractivity contribution is 5.90. The number of carbonyl (C=O) groups is 1. The van der Waals surface area contributed by atoms with Gasteiger partial charge >= 0.3 is 0 Å². The molecule has 3 rings (SSSR count). The van der Waals surface area contributed by atoms with E-state index < -0.39 is 0 Å². The van der Waals surface area contributed by atoms with E-state index in [0.29, 0.717) is 0 Å². The standard InChI is InChI=1S/C11H13NO2/c13-10-11(5-1-2-6-11)9(12-10)8-4-3-7-14-8/h3-4,7,9H,1-2,5-6H2,(H,12,13)/t9-/m0/s1. The fraction of sp³-hybridized carbons (Fsp3) is 0.545. The Kier molecular flexibility index (Phi) is 1.52. The second kappa shape index (κ2) is 2.62. The van der Waals surface area contributed by atoms with E-state index >= 15 is 0 Å². The Hall–Kier alpha value is -1.25. The summed E-state index contributed by atoms with van der Waals surface area (Å²) in [7, 11) is 0. The third-order valence-electron chi connectivity index (χ3n) is 3.60. The molecule has 1 spiro atoms. The van der Waals surface area contributed by atoms with Crippen LogP contribution in [0.5, 0.6) is 0 Å². The summed E-state index contributed by atoms with van der Waals surface area (Å²) in [5.74, 6) is 1.13. The first kappa shape index (κ1) is 8.09. The third-order valence-corrected chi connectivity index (χ3v) is 3.60. The van der Waals surface area contributed by atoms with Gasteiger partial charge in [-0.15, -0.1) is 0 Å². The van der Waals surface area contributed by atoms with Crippen LogP contribution in [0.1, 0.15) is 37.5 Å². The quantitative estimate of drug-likeness (QED) is 0.690. The van der Waals surface area contributed by atoms with Gasteiger partial charge in [0, 0.05) is 0 Å². The number of carbonyl (C=O) groups excluding carboxylic acids is 1. The molecule has 1 saturated heterocycles. The lowest BCUT2D eigenvalue weighted by Gasteiger charge is -2.45. The molecule has 1 aliphatic carbocycles. The van der Waals surface area contributed by atoms with Crippen molar-refractivity contribution in [1.82, 2.24) is 5.32 Å². The van der Waals surface area contributed by atoms with E-state index in [1.165, 1.54) is 12.8 Å². The zero-order valence-corrected chi connectivity index (χ0v) is 7.95. The maximum atomic E-state index is 11.6. The summed E-state index contributed by atoms with van der Waals surface area (Å²) in [5, 5.41) is 2.95. The van der Waals surface area contributed by atoms with Gasteiger partial charge in [-0.05, 0) is 25.0 Å². The van der Waals surface area contributed by atoms with Crippen LogP contribution < -0.4 is 5.32 Å². The summed E-state index contributed by atoms with van der Waals surface area (Å²) in [6.07, 6.45) is 6.05. The fourth-order valence-corrected chi connectivity index (χ4v) is 2.79. The Bertz CT molecular complexity index is 349. The van der Waals surface area contributed by atoms with E-state index in [9.17, 15) is 4.79 Å². The summed E-state index contributed by atoms with van der Waals surface area (Å²) < 4.78 is 5.36. The molecule has 3 nitrogen and oxygen atoms in total. The van der Waals surface area contributed by atoms with Gasteiger partial charge in [-0.2, -0.15) is 0 Å². The molecule has 1 atom stereocenters. The van der Waals surface area contributed by atoms with E-state index in [-0.39, 0.29) is 17.4 Å². The molecule has 3 heteroatoms. The molecular formula is C11H13NO2. The van der Waals surface area contributed by atoms with Gasteiger partial charge in [0.2, 0.25) is 5.91 Å². The highest BCUT2D eigenvalue weighted by atomic mass is 16.3. The number of β-lactam (4-membered cyclic amide) rings is 1. The van der Waals surface area contributed by atoms with E-state index in [4.69, 9.17) is 4.42 Å². The molecule has 1 aromatic rings. The second-order valence-electron chi connectivity index (χ2n) is 4.29. The van der Waals surface area contributed by atoms with Crippen molar-refractivity contribution >= 4 is 5.91 Å². The number of furan rings is 1. The number of amides is 1. The van der Waals surface area contributed by atoms with E-state index in [1.54, 1.807) is 6.26 Å². The zero-order chi connectivity index (χ0) is 9.60. The summed E-state index contributed by atoms with van der Waals surface area (Å²) in [6, 6.07) is 3.96. The molecule has 2 fully saturated rings. The maximum absolute atomic E-state index is 11.6. The summed E-state index contributed by atoms with van der Waals surface area (Å²) >= 11 is 0. The molecule has 1 aromatic heterocycles. The van der Waals surface area contributed by atoms with Crippen LogP contribution in [0.4, 0.5) is 0 Å². The fourth-order valence-electron chi connectivity index (χ4n) is 2.79. The molecule has 2 aliphatic rings. The minimum absolute atomic E-state index is 0.127. The summed E-state index contributed by atoms with van der Waals surface area (Å²) in [5.41, 5.74) is -0.127. The Morgan fingerprint density at radius 3 is 2.79 bits per heavy atom. The van der Waals surface area contributed by atoms with Gasteiger partial charge in [0.15, 0.2) is 0 Å². The van der Waals surface area contributed by atoms with Crippen molar-refractivity contribution in [3.05, 3.63) is 24.2 Å². The van der Waals surface area contributed by atoms with Crippen molar-refractivity contribution in [1.29, 1.82) is 0 Å². The zero-order valence-electron chi connectivity index (χ0n) is 7.95. The third kappa shape index (κ3) is 0.846. The molecule has 1 amide bonds. The summed E-state index contributed by atoms with van der Waals surface area (Å²) in [6.45, 7) is 0. The molecule has 14 heavy (non-hydrogen) atoms. The lowest BCUT2D eigenvalue weighted by Crippen LogP contribution is -2.59. The van der Waals surface area contributed by atoms with Gasteiger partial charge in [0.25, 0.3) is 0 Å². The van der Waals surface area contributed by atoms with Crippen LogP contribution in [0.2, 0.25) is 0 Å². The van der Waals surface area contributed by atoms with Gasteiger partial charge < -0.3 is 9.73 Å². The molecule has 0 bridgehead atoms. The largest absolute Gasteiger partial charge is 0.467 e. The Balaban J connectivity index is 1.93. The smallest absolute Gasteiger partial charge is 0.229 e. The van der Waals surface area contributed by atoms with E-state index in [0.717, 1.165) is 18.6 Å². The van der Waals surface area contributed by atoms with Crippen molar-refractivity contribution in [3.63, 3.8) is 0 Å². The Morgan fingerprint density at radius 2 is 2.21 bits per heavy atom. The van der Waals surface area contributed by atoms with Crippen molar-refractivity contribution in [2.45, 2.75) is 31.7 Å². The molecule has 1 N–H and O–H groups in total. The number of nitrogens with one attached hydrogen (secondary N) is 1. The van der Waals surface area contributed by atoms with Gasteiger partial charge in [0.1, 0.15) is 11.8 Å². The number of hydrogen-bond donors (Lipinski definition) is 1. The van der Waals surface area contributed by atoms with Crippen LogP contribution in [-0.4, -0.2) is 5.91 Å².